The predicted octanol–water partition coefficient (Wildman–Crippen LogP) is 2.93. The van der Waals surface area contributed by atoms with Gasteiger partial charge in [-0.25, -0.2) is 0 Å². The molecule has 0 bridgehead atoms. The Morgan fingerprint density at radius 3 is 2.38 bits per heavy atom. The maximum Gasteiger partial charge on any atom is 0.118 e. The van der Waals surface area contributed by atoms with Crippen LogP contribution in [0.2, 0.25) is 0 Å². The molecule has 4 heteroatoms. The van der Waals surface area contributed by atoms with Crippen molar-refractivity contribution in [3.63, 3.8) is 0 Å². The lowest BCUT2D eigenvalue weighted by Gasteiger charge is -2.16. The van der Waals surface area contributed by atoms with Gasteiger partial charge in [-0.3, -0.25) is 4.90 Å². The quantitative estimate of drug-likeness (QED) is 0.643. The van der Waals surface area contributed by atoms with Gasteiger partial charge in [-0.1, -0.05) is 42.5 Å². The first-order valence-corrected chi connectivity index (χ1v) is 8.42. The first-order valence-electron chi connectivity index (χ1n) is 8.42. The zero-order valence-electron chi connectivity index (χ0n) is 14.7. The molecular formula is C20H28N2O2. The average Bonchev–Trinajstić information content (AvgIpc) is 2.62. The molecule has 0 radical (unpaired) electrons. The van der Waals surface area contributed by atoms with Crippen molar-refractivity contribution >= 4 is 0 Å². The molecule has 4 nitrogen and oxygen atoms in total. The summed E-state index contributed by atoms with van der Waals surface area (Å²) in [6, 6.07) is 18.6. The van der Waals surface area contributed by atoms with E-state index in [1.807, 2.05) is 18.2 Å². The molecule has 0 fully saturated rings. The maximum absolute atomic E-state index is 5.69. The molecule has 0 saturated carbocycles. The Bertz CT molecular complexity index is 558. The van der Waals surface area contributed by atoms with Crippen LogP contribution in [0.25, 0.3) is 0 Å². The van der Waals surface area contributed by atoms with E-state index < -0.39 is 0 Å². The fourth-order valence-corrected chi connectivity index (χ4v) is 2.42. The van der Waals surface area contributed by atoms with E-state index in [0.717, 1.165) is 45.1 Å². The predicted molar refractivity (Wildman–Crippen MR) is 98.3 cm³/mol. The van der Waals surface area contributed by atoms with Crippen LogP contribution >= 0.6 is 0 Å². The van der Waals surface area contributed by atoms with Crippen molar-refractivity contribution in [2.24, 2.45) is 0 Å². The second kappa shape index (κ2) is 10.8. The second-order valence-electron chi connectivity index (χ2n) is 5.86. The third kappa shape index (κ3) is 7.13. The third-order valence-corrected chi connectivity index (χ3v) is 3.82. The molecule has 0 aliphatic rings. The Hall–Kier alpha value is -1.88. The lowest BCUT2D eigenvalue weighted by atomic mass is 10.2. The molecule has 2 aromatic carbocycles. The van der Waals surface area contributed by atoms with Gasteiger partial charge in [-0.2, -0.15) is 0 Å². The SMILES string of the molecule is COc1ccc(CNCCOCCN(C)Cc2ccccc2)cc1. The second-order valence-corrected chi connectivity index (χ2v) is 5.86. The molecule has 0 heterocycles. The molecule has 24 heavy (non-hydrogen) atoms. The highest BCUT2D eigenvalue weighted by molar-refractivity contribution is 5.26. The van der Waals surface area contributed by atoms with Gasteiger partial charge in [0.2, 0.25) is 0 Å². The molecule has 0 aromatic heterocycles. The highest BCUT2D eigenvalue weighted by Crippen LogP contribution is 2.10. The van der Waals surface area contributed by atoms with Crippen LogP contribution in [0.1, 0.15) is 11.1 Å². The van der Waals surface area contributed by atoms with Gasteiger partial charge in [-0.05, 0) is 30.3 Å². The Balaban J connectivity index is 1.49. The van der Waals surface area contributed by atoms with E-state index in [2.05, 4.69) is 53.7 Å². The fourth-order valence-electron chi connectivity index (χ4n) is 2.42. The van der Waals surface area contributed by atoms with Crippen LogP contribution in [0.15, 0.2) is 54.6 Å². The van der Waals surface area contributed by atoms with Gasteiger partial charge < -0.3 is 14.8 Å². The van der Waals surface area contributed by atoms with E-state index in [9.17, 15) is 0 Å². The van der Waals surface area contributed by atoms with E-state index in [1.54, 1.807) is 7.11 Å². The van der Waals surface area contributed by atoms with Gasteiger partial charge in [-0.15, -0.1) is 0 Å². The molecule has 0 saturated heterocycles. The van der Waals surface area contributed by atoms with Crippen molar-refractivity contribution in [1.29, 1.82) is 0 Å². The van der Waals surface area contributed by atoms with Crippen molar-refractivity contribution < 1.29 is 9.47 Å². The summed E-state index contributed by atoms with van der Waals surface area (Å²) in [4.78, 5) is 2.28. The summed E-state index contributed by atoms with van der Waals surface area (Å²) < 4.78 is 10.8. The summed E-state index contributed by atoms with van der Waals surface area (Å²) in [5, 5.41) is 3.39. The number of nitrogens with one attached hydrogen (secondary N) is 1. The Kier molecular flexibility index (Phi) is 8.32. The van der Waals surface area contributed by atoms with Crippen LogP contribution in [0.5, 0.6) is 5.75 Å². The highest BCUT2D eigenvalue weighted by Gasteiger charge is 2.00. The number of hydrogen-bond acceptors (Lipinski definition) is 4. The molecule has 0 atom stereocenters. The van der Waals surface area contributed by atoms with Crippen molar-refractivity contribution in [2.45, 2.75) is 13.1 Å². The number of ether oxygens (including phenoxy) is 2. The van der Waals surface area contributed by atoms with Gasteiger partial charge in [0.15, 0.2) is 0 Å². The summed E-state index contributed by atoms with van der Waals surface area (Å²) in [7, 11) is 3.81. The van der Waals surface area contributed by atoms with Crippen molar-refractivity contribution in [3.05, 3.63) is 65.7 Å². The van der Waals surface area contributed by atoms with Crippen LogP contribution in [-0.2, 0) is 17.8 Å². The molecule has 0 spiro atoms. The van der Waals surface area contributed by atoms with E-state index >= 15 is 0 Å². The minimum Gasteiger partial charge on any atom is -0.497 e. The number of rotatable bonds is 11. The Morgan fingerprint density at radius 2 is 1.67 bits per heavy atom. The number of hydrogen-bond donors (Lipinski definition) is 1. The van der Waals surface area contributed by atoms with Crippen molar-refractivity contribution in [2.75, 3.05) is 40.5 Å². The van der Waals surface area contributed by atoms with Gasteiger partial charge in [0.1, 0.15) is 5.75 Å². The fraction of sp³-hybridized carbons (Fsp3) is 0.400. The van der Waals surface area contributed by atoms with Crippen LogP contribution in [-0.4, -0.2) is 45.4 Å². The first-order chi connectivity index (χ1) is 11.8. The van der Waals surface area contributed by atoms with Crippen LogP contribution in [0.4, 0.5) is 0 Å². The number of benzene rings is 2. The molecule has 0 aliphatic carbocycles. The van der Waals surface area contributed by atoms with E-state index in [1.165, 1.54) is 11.1 Å². The molecule has 2 rings (SSSR count). The minimum atomic E-state index is 0.731. The van der Waals surface area contributed by atoms with Gasteiger partial charge in [0.25, 0.3) is 0 Å². The third-order valence-electron chi connectivity index (χ3n) is 3.82. The van der Waals surface area contributed by atoms with E-state index in [-0.39, 0.29) is 0 Å². The summed E-state index contributed by atoms with van der Waals surface area (Å²) in [5.74, 6) is 0.890. The van der Waals surface area contributed by atoms with Crippen LogP contribution in [0, 0.1) is 0 Å². The summed E-state index contributed by atoms with van der Waals surface area (Å²) >= 11 is 0. The molecule has 0 aliphatic heterocycles. The normalized spacial score (nSPS) is 11.0. The van der Waals surface area contributed by atoms with Crippen LogP contribution in [0.3, 0.4) is 0 Å². The number of likely N-dealkylation sites (N-methyl/N-ethyl adjacent to an activating group) is 1. The van der Waals surface area contributed by atoms with E-state index in [0.29, 0.717) is 0 Å². The lowest BCUT2D eigenvalue weighted by molar-refractivity contribution is 0.111. The zero-order valence-corrected chi connectivity index (χ0v) is 14.7. The molecule has 130 valence electrons. The maximum atomic E-state index is 5.69. The van der Waals surface area contributed by atoms with E-state index in [4.69, 9.17) is 9.47 Å². The average molecular weight is 328 g/mol. The summed E-state index contributed by atoms with van der Waals surface area (Å²) in [6.07, 6.45) is 0. The molecule has 0 amide bonds. The first kappa shape index (κ1) is 18.5. The summed E-state index contributed by atoms with van der Waals surface area (Å²) in [5.41, 5.74) is 2.58. The smallest absolute Gasteiger partial charge is 0.118 e. The van der Waals surface area contributed by atoms with Crippen LogP contribution < -0.4 is 10.1 Å². The Morgan fingerprint density at radius 1 is 0.917 bits per heavy atom. The number of methoxy groups -OCH3 is 1. The van der Waals surface area contributed by atoms with Crippen molar-refractivity contribution in [3.8, 4) is 5.75 Å². The number of nitrogens with zero attached hydrogens (tertiary/aromatic N) is 1. The molecule has 0 unspecified atom stereocenters. The zero-order chi connectivity index (χ0) is 17.0. The highest BCUT2D eigenvalue weighted by atomic mass is 16.5. The standard InChI is InChI=1S/C20H28N2O2/c1-22(17-19-6-4-3-5-7-19)13-15-24-14-12-21-16-18-8-10-20(23-2)11-9-18/h3-11,21H,12-17H2,1-2H3. The monoisotopic (exact) mass is 328 g/mol. The molecule has 2 aromatic rings. The van der Waals surface area contributed by atoms with Gasteiger partial charge in [0.05, 0.1) is 20.3 Å². The van der Waals surface area contributed by atoms with Gasteiger partial charge in [0, 0.05) is 26.2 Å². The van der Waals surface area contributed by atoms with Gasteiger partial charge >= 0.3 is 0 Å². The topological polar surface area (TPSA) is 33.7 Å². The molecule has 1 N–H and O–H groups in total. The lowest BCUT2D eigenvalue weighted by Crippen LogP contribution is -2.25. The largest absolute Gasteiger partial charge is 0.497 e. The Labute approximate surface area is 145 Å². The minimum absolute atomic E-state index is 0.731. The molecular weight excluding hydrogens is 300 g/mol. The summed E-state index contributed by atoms with van der Waals surface area (Å²) in [6.45, 7) is 5.09. The van der Waals surface area contributed by atoms with Crippen molar-refractivity contribution in [1.82, 2.24) is 10.2 Å².